The summed E-state index contributed by atoms with van der Waals surface area (Å²) >= 11 is 6.15. The van der Waals surface area contributed by atoms with Gasteiger partial charge in [0.25, 0.3) is 5.91 Å². The lowest BCUT2D eigenvalue weighted by Crippen LogP contribution is -2.28. The van der Waals surface area contributed by atoms with Gasteiger partial charge in [0.2, 0.25) is 10.0 Å². The van der Waals surface area contributed by atoms with E-state index in [-0.39, 0.29) is 15.5 Å². The van der Waals surface area contributed by atoms with Crippen molar-refractivity contribution < 1.29 is 13.2 Å². The van der Waals surface area contributed by atoms with E-state index >= 15 is 0 Å². The lowest BCUT2D eigenvalue weighted by atomic mass is 10.2. The Kier molecular flexibility index (Phi) is 5.40. The molecule has 1 aliphatic rings. The Morgan fingerprint density at radius 1 is 1.07 bits per heavy atom. The molecule has 0 atom stereocenters. The highest BCUT2D eigenvalue weighted by molar-refractivity contribution is 7.89. The average molecular weight is 431 g/mol. The lowest BCUT2D eigenvalue weighted by molar-refractivity contribution is 0.102. The molecule has 0 aliphatic carbocycles. The molecule has 7 nitrogen and oxygen atoms in total. The second-order valence-electron chi connectivity index (χ2n) is 6.73. The molecule has 0 spiro atoms. The molecule has 3 aromatic rings. The molecule has 1 aliphatic heterocycles. The van der Waals surface area contributed by atoms with Gasteiger partial charge < -0.3 is 9.88 Å². The molecule has 150 valence electrons. The number of halogens is 1. The van der Waals surface area contributed by atoms with Crippen LogP contribution in [-0.4, -0.2) is 41.3 Å². The van der Waals surface area contributed by atoms with Gasteiger partial charge in [-0.1, -0.05) is 11.6 Å². The van der Waals surface area contributed by atoms with Crippen molar-refractivity contribution in [1.29, 1.82) is 0 Å². The number of amides is 1. The lowest BCUT2D eigenvalue weighted by Gasteiger charge is -2.17. The minimum atomic E-state index is -3.72. The number of nitrogens with zero attached hydrogens (tertiary/aromatic N) is 3. The summed E-state index contributed by atoms with van der Waals surface area (Å²) in [6.07, 6.45) is 6.84. The maximum Gasteiger partial charge on any atom is 0.255 e. The molecule has 1 fully saturated rings. The van der Waals surface area contributed by atoms with Crippen LogP contribution in [0.1, 0.15) is 23.2 Å². The summed E-state index contributed by atoms with van der Waals surface area (Å²) in [5.74, 6) is -0.407. The Hall–Kier alpha value is -2.68. The quantitative estimate of drug-likeness (QED) is 0.670. The smallest absolute Gasteiger partial charge is 0.255 e. The number of imidazole rings is 1. The monoisotopic (exact) mass is 430 g/mol. The van der Waals surface area contributed by atoms with Crippen LogP contribution in [0.15, 0.2) is 66.1 Å². The molecule has 2 heterocycles. The Morgan fingerprint density at radius 2 is 1.79 bits per heavy atom. The molecule has 4 rings (SSSR count). The van der Waals surface area contributed by atoms with Crippen LogP contribution in [0.2, 0.25) is 5.02 Å². The van der Waals surface area contributed by atoms with Gasteiger partial charge in [-0.2, -0.15) is 4.31 Å². The summed E-state index contributed by atoms with van der Waals surface area (Å²) in [6, 6.07) is 11.5. The van der Waals surface area contributed by atoms with E-state index < -0.39 is 15.9 Å². The molecule has 0 bridgehead atoms. The topological polar surface area (TPSA) is 84.3 Å². The molecule has 1 aromatic heterocycles. The fourth-order valence-electron chi connectivity index (χ4n) is 3.24. The normalized spacial score (nSPS) is 14.8. The fourth-order valence-corrected chi connectivity index (χ4v) is 5.26. The number of rotatable bonds is 5. The predicted octanol–water partition coefficient (Wildman–Crippen LogP) is 3.56. The molecule has 0 unspecified atom stereocenters. The third-order valence-corrected chi connectivity index (χ3v) is 7.18. The van der Waals surface area contributed by atoms with Crippen molar-refractivity contribution in [2.45, 2.75) is 17.7 Å². The first-order chi connectivity index (χ1) is 13.9. The Labute approximate surface area is 174 Å². The third kappa shape index (κ3) is 4.05. The van der Waals surface area contributed by atoms with E-state index in [4.69, 9.17) is 11.6 Å². The number of aromatic nitrogens is 2. The number of carbonyl (C=O) groups is 1. The number of hydrogen-bond acceptors (Lipinski definition) is 4. The Bertz CT molecular complexity index is 1120. The van der Waals surface area contributed by atoms with E-state index in [1.807, 2.05) is 22.9 Å². The predicted molar refractivity (Wildman–Crippen MR) is 111 cm³/mol. The molecule has 2 aromatic carbocycles. The van der Waals surface area contributed by atoms with Gasteiger partial charge >= 0.3 is 0 Å². The molecule has 1 saturated heterocycles. The van der Waals surface area contributed by atoms with Crippen LogP contribution in [0.4, 0.5) is 5.69 Å². The van der Waals surface area contributed by atoms with Crippen molar-refractivity contribution in [1.82, 2.24) is 13.9 Å². The van der Waals surface area contributed by atoms with Crippen molar-refractivity contribution in [2.75, 3.05) is 18.4 Å². The van der Waals surface area contributed by atoms with E-state index in [2.05, 4.69) is 10.3 Å². The third-order valence-electron chi connectivity index (χ3n) is 4.80. The molecular formula is C20H19ClN4O3S. The van der Waals surface area contributed by atoms with E-state index in [9.17, 15) is 13.2 Å². The first kappa shape index (κ1) is 19.6. The van der Waals surface area contributed by atoms with Gasteiger partial charge in [0.1, 0.15) is 4.90 Å². The summed E-state index contributed by atoms with van der Waals surface area (Å²) < 4.78 is 28.9. The SMILES string of the molecule is O=C(Nc1ccc(-n2ccnc2)cc1)c1ccc(Cl)c(S(=O)(=O)N2CCCC2)c1. The summed E-state index contributed by atoms with van der Waals surface area (Å²) in [4.78, 5) is 16.6. The van der Waals surface area contributed by atoms with Crippen molar-refractivity contribution in [3.63, 3.8) is 0 Å². The van der Waals surface area contributed by atoms with Gasteiger partial charge in [-0.05, 0) is 55.3 Å². The Balaban J connectivity index is 1.55. The maximum atomic E-state index is 12.8. The van der Waals surface area contributed by atoms with Crippen molar-refractivity contribution in [2.24, 2.45) is 0 Å². The summed E-state index contributed by atoms with van der Waals surface area (Å²) in [5.41, 5.74) is 1.73. The zero-order valence-corrected chi connectivity index (χ0v) is 17.0. The zero-order valence-electron chi connectivity index (χ0n) is 15.5. The van der Waals surface area contributed by atoms with Crippen LogP contribution in [0.5, 0.6) is 0 Å². The standard InChI is InChI=1S/C20H19ClN4O3S/c21-18-8-3-15(13-19(18)29(27,28)25-10-1-2-11-25)20(26)23-16-4-6-17(7-5-16)24-12-9-22-14-24/h3-9,12-14H,1-2,10-11H2,(H,23,26). The van der Waals surface area contributed by atoms with Crippen LogP contribution in [0, 0.1) is 0 Å². The van der Waals surface area contributed by atoms with Gasteiger partial charge in [0.15, 0.2) is 0 Å². The minimum absolute atomic E-state index is 0.0378. The number of anilines is 1. The van der Waals surface area contributed by atoms with Crippen molar-refractivity contribution in [3.05, 3.63) is 71.8 Å². The maximum absolute atomic E-state index is 12.8. The minimum Gasteiger partial charge on any atom is -0.322 e. The first-order valence-electron chi connectivity index (χ1n) is 9.14. The van der Waals surface area contributed by atoms with Crippen LogP contribution < -0.4 is 5.32 Å². The molecule has 0 saturated carbocycles. The molecule has 29 heavy (non-hydrogen) atoms. The molecule has 1 N–H and O–H groups in total. The van der Waals surface area contributed by atoms with Gasteiger partial charge in [0.05, 0.1) is 11.3 Å². The fraction of sp³-hybridized carbons (Fsp3) is 0.200. The average Bonchev–Trinajstić information content (AvgIpc) is 3.43. The van der Waals surface area contributed by atoms with Gasteiger partial charge in [-0.3, -0.25) is 4.79 Å². The van der Waals surface area contributed by atoms with Gasteiger partial charge in [-0.15, -0.1) is 0 Å². The zero-order chi connectivity index (χ0) is 20.4. The number of hydrogen-bond donors (Lipinski definition) is 1. The van der Waals surface area contributed by atoms with Crippen molar-refractivity contribution >= 4 is 33.2 Å². The number of carbonyl (C=O) groups excluding carboxylic acids is 1. The highest BCUT2D eigenvalue weighted by Crippen LogP contribution is 2.28. The van der Waals surface area contributed by atoms with E-state index in [0.717, 1.165) is 18.5 Å². The summed E-state index contributed by atoms with van der Waals surface area (Å²) in [6.45, 7) is 0.941. The first-order valence-corrected chi connectivity index (χ1v) is 11.0. The molecular weight excluding hydrogens is 412 g/mol. The second kappa shape index (κ2) is 7.98. The summed E-state index contributed by atoms with van der Waals surface area (Å²) in [5, 5.41) is 2.89. The van der Waals surface area contributed by atoms with E-state index in [1.54, 1.807) is 24.7 Å². The van der Waals surface area contributed by atoms with Crippen LogP contribution in [0.3, 0.4) is 0 Å². The van der Waals surface area contributed by atoms with Crippen LogP contribution >= 0.6 is 11.6 Å². The molecule has 0 radical (unpaired) electrons. The number of benzene rings is 2. The summed E-state index contributed by atoms with van der Waals surface area (Å²) in [7, 11) is -3.72. The number of nitrogens with one attached hydrogen (secondary N) is 1. The van der Waals surface area contributed by atoms with Crippen molar-refractivity contribution in [3.8, 4) is 5.69 Å². The van der Waals surface area contributed by atoms with Crippen LogP contribution in [-0.2, 0) is 10.0 Å². The largest absolute Gasteiger partial charge is 0.322 e. The van der Waals surface area contributed by atoms with Crippen LogP contribution in [0.25, 0.3) is 5.69 Å². The Morgan fingerprint density at radius 3 is 2.45 bits per heavy atom. The van der Waals surface area contributed by atoms with E-state index in [0.29, 0.717) is 18.8 Å². The number of sulfonamides is 1. The molecule has 9 heteroatoms. The highest BCUT2D eigenvalue weighted by Gasteiger charge is 2.29. The van der Waals surface area contributed by atoms with Gasteiger partial charge in [-0.25, -0.2) is 13.4 Å². The molecule has 1 amide bonds. The highest BCUT2D eigenvalue weighted by atomic mass is 35.5. The van der Waals surface area contributed by atoms with E-state index in [1.165, 1.54) is 22.5 Å². The second-order valence-corrected chi connectivity index (χ2v) is 9.04. The van der Waals surface area contributed by atoms with Gasteiger partial charge in [0, 0.05) is 42.4 Å².